The van der Waals surface area contributed by atoms with Gasteiger partial charge < -0.3 is 0 Å². The molecule has 0 spiro atoms. The monoisotopic (exact) mass is 308 g/mol. The van der Waals surface area contributed by atoms with Crippen LogP contribution in [0, 0.1) is 6.92 Å². The van der Waals surface area contributed by atoms with Gasteiger partial charge in [-0.3, -0.25) is 0 Å². The summed E-state index contributed by atoms with van der Waals surface area (Å²) in [5.41, 5.74) is 3.86. The molecule has 2 aromatic rings. The van der Waals surface area contributed by atoms with Crippen LogP contribution in [0.25, 0.3) is 0 Å². The Kier molecular flexibility index (Phi) is 4.25. The van der Waals surface area contributed by atoms with Gasteiger partial charge in [0.05, 0.1) is 0 Å². The fourth-order valence-electron chi connectivity index (χ4n) is 1.87. The highest BCUT2D eigenvalue weighted by Crippen LogP contribution is 2.28. The lowest BCUT2D eigenvalue weighted by Gasteiger charge is -2.11. The highest BCUT2D eigenvalue weighted by Gasteiger charge is 2.08. The van der Waals surface area contributed by atoms with Crippen molar-refractivity contribution in [2.75, 3.05) is 0 Å². The van der Waals surface area contributed by atoms with Gasteiger partial charge in [-0.25, -0.2) is 0 Å². The molecule has 0 aromatic heterocycles. The summed E-state index contributed by atoms with van der Waals surface area (Å²) in [6.07, 6.45) is 0.974. The molecule has 0 nitrogen and oxygen atoms in total. The van der Waals surface area contributed by atoms with Crippen LogP contribution in [0.15, 0.2) is 48.5 Å². The van der Waals surface area contributed by atoms with E-state index in [4.69, 9.17) is 11.6 Å². The summed E-state index contributed by atoms with van der Waals surface area (Å²) in [5, 5.41) is 0.788. The van der Waals surface area contributed by atoms with Gasteiger partial charge in [0.25, 0.3) is 0 Å². The molecule has 88 valence electrons. The fourth-order valence-corrected chi connectivity index (χ4v) is 2.72. The van der Waals surface area contributed by atoms with Crippen LogP contribution in [0.3, 0.4) is 0 Å². The number of rotatable bonds is 3. The van der Waals surface area contributed by atoms with Gasteiger partial charge >= 0.3 is 0 Å². The van der Waals surface area contributed by atoms with E-state index in [1.54, 1.807) is 0 Å². The molecule has 0 aliphatic rings. The molecule has 1 atom stereocenters. The van der Waals surface area contributed by atoms with Crippen LogP contribution in [-0.2, 0) is 6.42 Å². The van der Waals surface area contributed by atoms with E-state index in [0.29, 0.717) is 4.83 Å². The average molecular weight is 310 g/mol. The third kappa shape index (κ3) is 3.58. The van der Waals surface area contributed by atoms with Crippen molar-refractivity contribution in [1.29, 1.82) is 0 Å². The van der Waals surface area contributed by atoms with Gasteiger partial charge in [0, 0.05) is 9.85 Å². The van der Waals surface area contributed by atoms with E-state index in [2.05, 4.69) is 53.2 Å². The predicted octanol–water partition coefficient (Wildman–Crippen LogP) is 5.33. The second-order valence-electron chi connectivity index (χ2n) is 4.22. The lowest BCUT2D eigenvalue weighted by Crippen LogP contribution is -1.95. The normalized spacial score (nSPS) is 12.4. The van der Waals surface area contributed by atoms with Gasteiger partial charge in [-0.2, -0.15) is 0 Å². The first-order valence-corrected chi connectivity index (χ1v) is 6.89. The molecule has 0 radical (unpaired) electrons. The van der Waals surface area contributed by atoms with Gasteiger partial charge in [0.15, 0.2) is 0 Å². The second kappa shape index (κ2) is 5.70. The van der Waals surface area contributed by atoms with E-state index in [0.717, 1.165) is 11.4 Å². The summed E-state index contributed by atoms with van der Waals surface area (Å²) >= 11 is 9.72. The lowest BCUT2D eigenvalue weighted by molar-refractivity contribution is 0.947. The lowest BCUT2D eigenvalue weighted by atomic mass is 10.0. The minimum Gasteiger partial charge on any atom is -0.0843 e. The van der Waals surface area contributed by atoms with Crippen molar-refractivity contribution in [1.82, 2.24) is 0 Å². The van der Waals surface area contributed by atoms with E-state index in [-0.39, 0.29) is 0 Å². The number of hydrogen-bond acceptors (Lipinski definition) is 0. The topological polar surface area (TPSA) is 0 Å². The standard InChI is InChI=1S/C15H14BrCl/c1-11-4-2-5-12(8-11)9-15(16)13-6-3-7-14(17)10-13/h2-8,10,15H,9H2,1H3. The Morgan fingerprint density at radius 3 is 2.59 bits per heavy atom. The molecule has 0 saturated heterocycles. The number of benzene rings is 2. The quantitative estimate of drug-likeness (QED) is 0.672. The summed E-state index contributed by atoms with van der Waals surface area (Å²) in [7, 11) is 0. The number of hydrogen-bond donors (Lipinski definition) is 0. The fraction of sp³-hybridized carbons (Fsp3) is 0.200. The minimum absolute atomic E-state index is 0.308. The zero-order valence-electron chi connectivity index (χ0n) is 9.66. The molecule has 0 amide bonds. The largest absolute Gasteiger partial charge is 0.0843 e. The molecular formula is C15H14BrCl. The van der Waals surface area contributed by atoms with Crippen LogP contribution in [0.1, 0.15) is 21.5 Å². The maximum absolute atomic E-state index is 6.00. The highest BCUT2D eigenvalue weighted by atomic mass is 79.9. The molecule has 2 aromatic carbocycles. The molecule has 0 heterocycles. The van der Waals surface area contributed by atoms with Crippen molar-refractivity contribution >= 4 is 27.5 Å². The first-order chi connectivity index (χ1) is 8.15. The molecule has 2 heteroatoms. The summed E-state index contributed by atoms with van der Waals surface area (Å²) in [6, 6.07) is 16.6. The third-order valence-corrected chi connectivity index (χ3v) is 3.80. The van der Waals surface area contributed by atoms with Crippen LogP contribution in [0.5, 0.6) is 0 Å². The Balaban J connectivity index is 2.14. The summed E-state index contributed by atoms with van der Waals surface area (Å²) in [6.45, 7) is 2.12. The molecule has 0 saturated carbocycles. The van der Waals surface area contributed by atoms with Crippen LogP contribution in [0.2, 0.25) is 5.02 Å². The Morgan fingerprint density at radius 2 is 1.88 bits per heavy atom. The first kappa shape index (κ1) is 12.7. The maximum Gasteiger partial charge on any atom is 0.0436 e. The van der Waals surface area contributed by atoms with Crippen molar-refractivity contribution < 1.29 is 0 Å². The zero-order valence-corrected chi connectivity index (χ0v) is 12.0. The van der Waals surface area contributed by atoms with Crippen molar-refractivity contribution in [3.63, 3.8) is 0 Å². The molecule has 2 rings (SSSR count). The molecule has 1 unspecified atom stereocenters. The van der Waals surface area contributed by atoms with Crippen LogP contribution in [0.4, 0.5) is 0 Å². The average Bonchev–Trinajstić information content (AvgIpc) is 2.29. The molecular weight excluding hydrogens is 296 g/mol. The van der Waals surface area contributed by atoms with E-state index in [1.165, 1.54) is 16.7 Å². The summed E-state index contributed by atoms with van der Waals surface area (Å²) in [4.78, 5) is 0.308. The van der Waals surface area contributed by atoms with Gasteiger partial charge in [-0.05, 0) is 36.6 Å². The van der Waals surface area contributed by atoms with E-state index in [1.807, 2.05) is 18.2 Å². The Labute approximate surface area is 116 Å². The maximum atomic E-state index is 6.00. The smallest absolute Gasteiger partial charge is 0.0436 e. The van der Waals surface area contributed by atoms with E-state index < -0.39 is 0 Å². The summed E-state index contributed by atoms with van der Waals surface area (Å²) in [5.74, 6) is 0. The zero-order chi connectivity index (χ0) is 12.3. The molecule has 0 N–H and O–H groups in total. The van der Waals surface area contributed by atoms with Gasteiger partial charge in [0.2, 0.25) is 0 Å². The SMILES string of the molecule is Cc1cccc(CC(Br)c2cccc(Cl)c2)c1. The Hall–Kier alpha value is -0.790. The summed E-state index contributed by atoms with van der Waals surface area (Å²) < 4.78 is 0. The van der Waals surface area contributed by atoms with Crippen molar-refractivity contribution in [2.45, 2.75) is 18.2 Å². The van der Waals surface area contributed by atoms with Gasteiger partial charge in [-0.15, -0.1) is 0 Å². The number of alkyl halides is 1. The van der Waals surface area contributed by atoms with Crippen molar-refractivity contribution in [3.05, 3.63) is 70.2 Å². The van der Waals surface area contributed by atoms with Crippen LogP contribution >= 0.6 is 27.5 Å². The third-order valence-electron chi connectivity index (χ3n) is 2.71. The minimum atomic E-state index is 0.308. The van der Waals surface area contributed by atoms with Crippen molar-refractivity contribution in [3.8, 4) is 0 Å². The van der Waals surface area contributed by atoms with Crippen molar-refractivity contribution in [2.24, 2.45) is 0 Å². The van der Waals surface area contributed by atoms with Gasteiger partial charge in [0.1, 0.15) is 0 Å². The molecule has 0 bridgehead atoms. The first-order valence-electron chi connectivity index (χ1n) is 5.60. The van der Waals surface area contributed by atoms with E-state index in [9.17, 15) is 0 Å². The second-order valence-corrected chi connectivity index (χ2v) is 5.76. The Morgan fingerprint density at radius 1 is 1.12 bits per heavy atom. The molecule has 17 heavy (non-hydrogen) atoms. The van der Waals surface area contributed by atoms with Crippen LogP contribution < -0.4 is 0 Å². The predicted molar refractivity (Wildman–Crippen MR) is 78.0 cm³/mol. The highest BCUT2D eigenvalue weighted by molar-refractivity contribution is 9.09. The van der Waals surface area contributed by atoms with E-state index >= 15 is 0 Å². The Bertz CT molecular complexity index is 508. The molecule has 0 aliphatic carbocycles. The number of aryl methyl sites for hydroxylation is 1. The van der Waals surface area contributed by atoms with Crippen LogP contribution in [-0.4, -0.2) is 0 Å². The molecule has 0 fully saturated rings. The number of halogens is 2. The van der Waals surface area contributed by atoms with Gasteiger partial charge in [-0.1, -0.05) is 69.5 Å². The molecule has 0 aliphatic heterocycles.